The molecule has 3 N–H and O–H groups in total. The number of aryl methyl sites for hydroxylation is 1. The Balaban J connectivity index is 0.00000392. The topological polar surface area (TPSA) is 99.7 Å². The molecule has 2 aromatic carbocycles. The van der Waals surface area contributed by atoms with Crippen LogP contribution in [-0.4, -0.2) is 40.1 Å². The molecule has 28 heavy (non-hydrogen) atoms. The lowest BCUT2D eigenvalue weighted by molar-refractivity contribution is -0.115. The number of nitrogens with zero attached hydrogens (tertiary/aromatic N) is 1. The summed E-state index contributed by atoms with van der Waals surface area (Å²) in [4.78, 5) is 16.4. The third-order valence-corrected chi connectivity index (χ3v) is 5.05. The highest BCUT2D eigenvalue weighted by atomic mass is 127. The molecule has 2 rings (SSSR count). The first-order valence-electron chi connectivity index (χ1n) is 8.38. The SMILES string of the molecule is CN=C(NCC(=O)Nc1ccccc1)NCc1ccc(S(C)(=O)=O)c(C)c1.I. The zero-order valence-corrected chi connectivity index (χ0v) is 19.2. The van der Waals surface area contributed by atoms with Crippen molar-refractivity contribution >= 4 is 51.4 Å². The zero-order chi connectivity index (χ0) is 19.9. The Morgan fingerprint density at radius 2 is 1.75 bits per heavy atom. The monoisotopic (exact) mass is 516 g/mol. The average Bonchev–Trinajstić information content (AvgIpc) is 2.61. The molecule has 0 bridgehead atoms. The van der Waals surface area contributed by atoms with E-state index in [2.05, 4.69) is 20.9 Å². The van der Waals surface area contributed by atoms with Crippen molar-refractivity contribution in [2.24, 2.45) is 4.99 Å². The Labute approximate surface area is 183 Å². The van der Waals surface area contributed by atoms with Crippen LogP contribution in [0.15, 0.2) is 58.4 Å². The number of nitrogens with one attached hydrogen (secondary N) is 3. The molecule has 7 nitrogen and oxygen atoms in total. The second-order valence-electron chi connectivity index (χ2n) is 6.07. The molecule has 0 spiro atoms. The van der Waals surface area contributed by atoms with Gasteiger partial charge in [-0.15, -0.1) is 24.0 Å². The Morgan fingerprint density at radius 1 is 1.07 bits per heavy atom. The number of amides is 1. The van der Waals surface area contributed by atoms with E-state index in [1.54, 1.807) is 26.1 Å². The highest BCUT2D eigenvalue weighted by Gasteiger charge is 2.11. The largest absolute Gasteiger partial charge is 0.352 e. The van der Waals surface area contributed by atoms with Crippen molar-refractivity contribution in [1.82, 2.24) is 10.6 Å². The lowest BCUT2D eigenvalue weighted by Gasteiger charge is -2.13. The number of guanidine groups is 1. The number of hydrogen-bond donors (Lipinski definition) is 3. The van der Waals surface area contributed by atoms with Crippen LogP contribution < -0.4 is 16.0 Å². The van der Waals surface area contributed by atoms with Crippen molar-refractivity contribution in [1.29, 1.82) is 0 Å². The molecule has 9 heteroatoms. The van der Waals surface area contributed by atoms with Gasteiger partial charge in [-0.25, -0.2) is 8.42 Å². The standard InChI is InChI=1S/C19H24N4O3S.HI/c1-14-11-15(9-10-17(14)27(3,25)26)12-21-19(20-2)22-13-18(24)23-16-7-5-4-6-8-16;/h4-11H,12-13H2,1-3H3,(H,23,24)(H2,20,21,22);1H. The summed E-state index contributed by atoms with van der Waals surface area (Å²) in [7, 11) is -1.62. The first kappa shape index (κ1) is 23.9. The van der Waals surface area contributed by atoms with E-state index >= 15 is 0 Å². The van der Waals surface area contributed by atoms with Crippen LogP contribution in [0, 0.1) is 6.92 Å². The fraction of sp³-hybridized carbons (Fsp3) is 0.263. The van der Waals surface area contributed by atoms with Crippen molar-refractivity contribution in [2.45, 2.75) is 18.4 Å². The van der Waals surface area contributed by atoms with E-state index in [0.717, 1.165) is 11.3 Å². The third kappa shape index (κ3) is 7.47. The smallest absolute Gasteiger partial charge is 0.243 e. The van der Waals surface area contributed by atoms with Gasteiger partial charge >= 0.3 is 0 Å². The second kappa shape index (κ2) is 11.0. The van der Waals surface area contributed by atoms with Crippen LogP contribution in [0.25, 0.3) is 0 Å². The van der Waals surface area contributed by atoms with Gasteiger partial charge in [0.25, 0.3) is 0 Å². The van der Waals surface area contributed by atoms with E-state index in [4.69, 9.17) is 0 Å². The van der Waals surface area contributed by atoms with Gasteiger partial charge in [0.1, 0.15) is 0 Å². The van der Waals surface area contributed by atoms with Gasteiger partial charge in [-0.05, 0) is 36.2 Å². The quantitative estimate of drug-likeness (QED) is 0.311. The van der Waals surface area contributed by atoms with Crippen LogP contribution in [0.2, 0.25) is 0 Å². The van der Waals surface area contributed by atoms with Crippen molar-refractivity contribution < 1.29 is 13.2 Å². The first-order chi connectivity index (χ1) is 12.8. The Bertz CT molecular complexity index is 931. The molecule has 0 saturated carbocycles. The molecule has 0 saturated heterocycles. The fourth-order valence-corrected chi connectivity index (χ4v) is 3.49. The van der Waals surface area contributed by atoms with Crippen LogP contribution in [0.4, 0.5) is 5.69 Å². The van der Waals surface area contributed by atoms with Gasteiger partial charge in [0.15, 0.2) is 15.8 Å². The lowest BCUT2D eigenvalue weighted by Crippen LogP contribution is -2.41. The molecule has 0 radical (unpaired) electrons. The summed E-state index contributed by atoms with van der Waals surface area (Å²) in [6.07, 6.45) is 1.19. The number of para-hydroxylation sites is 1. The highest BCUT2D eigenvalue weighted by Crippen LogP contribution is 2.16. The van der Waals surface area contributed by atoms with Crippen LogP contribution in [0.5, 0.6) is 0 Å². The molecular formula is C19H25IN4O3S. The van der Waals surface area contributed by atoms with E-state index in [0.29, 0.717) is 23.0 Å². The molecule has 0 aliphatic rings. The van der Waals surface area contributed by atoms with Gasteiger partial charge in [-0.1, -0.05) is 30.3 Å². The molecule has 0 aliphatic carbocycles. The number of hydrogen-bond acceptors (Lipinski definition) is 4. The van der Waals surface area contributed by atoms with Crippen LogP contribution >= 0.6 is 24.0 Å². The Morgan fingerprint density at radius 3 is 2.32 bits per heavy atom. The maximum atomic E-state index is 12.0. The molecule has 1 amide bonds. The first-order valence-corrected chi connectivity index (χ1v) is 10.3. The number of carbonyl (C=O) groups excluding carboxylic acids is 1. The summed E-state index contributed by atoms with van der Waals surface area (Å²) >= 11 is 0. The van der Waals surface area contributed by atoms with Crippen LogP contribution in [-0.2, 0) is 21.2 Å². The molecule has 2 aromatic rings. The van der Waals surface area contributed by atoms with Crippen molar-refractivity contribution in [3.63, 3.8) is 0 Å². The second-order valence-corrected chi connectivity index (χ2v) is 8.05. The molecule has 0 fully saturated rings. The third-order valence-electron chi connectivity index (χ3n) is 3.80. The Hall–Kier alpha value is -2.14. The highest BCUT2D eigenvalue weighted by molar-refractivity contribution is 14.0. The number of anilines is 1. The molecule has 0 heterocycles. The minimum atomic E-state index is -3.23. The van der Waals surface area contributed by atoms with Gasteiger partial charge in [-0.2, -0.15) is 0 Å². The van der Waals surface area contributed by atoms with Crippen molar-refractivity contribution in [2.75, 3.05) is 25.2 Å². The lowest BCUT2D eigenvalue weighted by atomic mass is 10.1. The van der Waals surface area contributed by atoms with Gasteiger partial charge in [0.2, 0.25) is 5.91 Å². The molecule has 152 valence electrons. The van der Waals surface area contributed by atoms with Crippen LogP contribution in [0.3, 0.4) is 0 Å². The van der Waals surface area contributed by atoms with E-state index in [1.807, 2.05) is 36.4 Å². The molecule has 0 aliphatic heterocycles. The minimum Gasteiger partial charge on any atom is -0.352 e. The number of aliphatic imine (C=N–C) groups is 1. The van der Waals surface area contributed by atoms with E-state index in [9.17, 15) is 13.2 Å². The Kier molecular flexibility index (Phi) is 9.39. The predicted octanol–water partition coefficient (Wildman–Crippen LogP) is 2.32. The average molecular weight is 516 g/mol. The van der Waals surface area contributed by atoms with E-state index < -0.39 is 9.84 Å². The van der Waals surface area contributed by atoms with E-state index in [1.165, 1.54) is 6.26 Å². The minimum absolute atomic E-state index is 0. The maximum Gasteiger partial charge on any atom is 0.243 e. The van der Waals surface area contributed by atoms with Crippen molar-refractivity contribution in [3.05, 3.63) is 59.7 Å². The molecule has 0 atom stereocenters. The summed E-state index contributed by atoms with van der Waals surface area (Å²) in [5.74, 6) is 0.292. The normalized spacial score (nSPS) is 11.3. The fourth-order valence-electron chi connectivity index (χ4n) is 2.53. The van der Waals surface area contributed by atoms with Gasteiger partial charge in [0, 0.05) is 25.5 Å². The van der Waals surface area contributed by atoms with Gasteiger partial charge < -0.3 is 16.0 Å². The number of sulfone groups is 1. The molecule has 0 unspecified atom stereocenters. The molecule has 0 aromatic heterocycles. The number of benzene rings is 2. The predicted molar refractivity (Wildman–Crippen MR) is 123 cm³/mol. The maximum absolute atomic E-state index is 12.0. The summed E-state index contributed by atoms with van der Waals surface area (Å²) < 4.78 is 23.3. The number of halogens is 1. The van der Waals surface area contributed by atoms with Gasteiger partial charge in [-0.3, -0.25) is 9.79 Å². The zero-order valence-electron chi connectivity index (χ0n) is 16.0. The number of carbonyl (C=O) groups is 1. The summed E-state index contributed by atoms with van der Waals surface area (Å²) in [6, 6.07) is 14.4. The van der Waals surface area contributed by atoms with Gasteiger partial charge in [0.05, 0.1) is 11.4 Å². The molecular weight excluding hydrogens is 491 g/mol. The van der Waals surface area contributed by atoms with Crippen molar-refractivity contribution in [3.8, 4) is 0 Å². The number of rotatable bonds is 6. The summed E-state index contributed by atoms with van der Waals surface area (Å²) in [6.45, 7) is 2.28. The summed E-state index contributed by atoms with van der Waals surface area (Å²) in [5, 5.41) is 8.82. The van der Waals surface area contributed by atoms with E-state index in [-0.39, 0.29) is 36.4 Å². The van der Waals surface area contributed by atoms with Crippen LogP contribution in [0.1, 0.15) is 11.1 Å². The summed E-state index contributed by atoms with van der Waals surface area (Å²) in [5.41, 5.74) is 2.34.